The first kappa shape index (κ1) is 19.6. The van der Waals surface area contributed by atoms with Crippen molar-refractivity contribution < 1.29 is 5.11 Å². The van der Waals surface area contributed by atoms with Crippen LogP contribution in [0.25, 0.3) is 0 Å². The molecule has 0 radical (unpaired) electrons. The van der Waals surface area contributed by atoms with Crippen LogP contribution in [0.3, 0.4) is 0 Å². The molecule has 0 aliphatic heterocycles. The molecule has 2 atom stereocenters. The summed E-state index contributed by atoms with van der Waals surface area (Å²) in [5.41, 5.74) is 0. The first-order valence-electron chi connectivity index (χ1n) is 10.1. The van der Waals surface area contributed by atoms with Gasteiger partial charge >= 0.3 is 0 Å². The maximum absolute atomic E-state index is 9.07. The van der Waals surface area contributed by atoms with Crippen LogP contribution < -0.4 is 0 Å². The monoisotopic (exact) mass is 308 g/mol. The average molecular weight is 309 g/mol. The second kappa shape index (κ2) is 13.0. The van der Waals surface area contributed by atoms with Crippen LogP contribution in [0.2, 0.25) is 0 Å². The number of allylic oxidation sites excluding steroid dienone is 1. The summed E-state index contributed by atoms with van der Waals surface area (Å²) in [6.07, 6.45) is 22.0. The molecule has 0 aromatic rings. The minimum atomic E-state index is 0.356. The third-order valence-corrected chi connectivity index (χ3v) is 5.54. The van der Waals surface area contributed by atoms with Crippen molar-refractivity contribution in [1.29, 1.82) is 0 Å². The van der Waals surface area contributed by atoms with Gasteiger partial charge in [0.25, 0.3) is 0 Å². The molecule has 0 spiro atoms. The summed E-state index contributed by atoms with van der Waals surface area (Å²) in [7, 11) is 0. The third kappa shape index (κ3) is 9.54. The summed E-state index contributed by atoms with van der Waals surface area (Å²) < 4.78 is 0. The predicted octanol–water partition coefficient (Wildman–Crippen LogP) is 7.57. The van der Waals surface area contributed by atoms with E-state index in [2.05, 4.69) is 13.5 Å². The third-order valence-electron chi connectivity index (χ3n) is 5.54. The quantitative estimate of drug-likeness (QED) is 0.259. The molecule has 1 aliphatic carbocycles. The fraction of sp³-hybridized carbons (Fsp3) is 0.905. The zero-order valence-electron chi connectivity index (χ0n) is 15.1. The standard InChI is InChI=1S/C21H40O/c1-3-4-5-6-7-11-15-20-17-13-18-21(20)16-12-9-8-10-14-19(2)22/h20-22H,2-18H2,1H3/t20-,21-/m0/s1. The molecule has 1 saturated carbocycles. The molecular formula is C21H40O. The van der Waals surface area contributed by atoms with Crippen LogP contribution in [0.1, 0.15) is 110 Å². The molecule has 0 heterocycles. The molecule has 1 heteroatoms. The van der Waals surface area contributed by atoms with Crippen LogP contribution in [0, 0.1) is 11.8 Å². The van der Waals surface area contributed by atoms with Crippen molar-refractivity contribution in [3.63, 3.8) is 0 Å². The average Bonchev–Trinajstić information content (AvgIpc) is 2.93. The van der Waals surface area contributed by atoms with Gasteiger partial charge in [-0.2, -0.15) is 0 Å². The Morgan fingerprint density at radius 2 is 1.32 bits per heavy atom. The topological polar surface area (TPSA) is 20.2 Å². The van der Waals surface area contributed by atoms with E-state index in [1.165, 1.54) is 89.9 Å². The number of aliphatic hydroxyl groups is 1. The SMILES string of the molecule is C=C(O)CCCCCC[C@H]1CCC[C@@H]1CCCCCCCC. The van der Waals surface area contributed by atoms with E-state index >= 15 is 0 Å². The Hall–Kier alpha value is -0.460. The van der Waals surface area contributed by atoms with Crippen molar-refractivity contribution in [2.75, 3.05) is 0 Å². The van der Waals surface area contributed by atoms with Crippen LogP contribution in [0.5, 0.6) is 0 Å². The van der Waals surface area contributed by atoms with Crippen molar-refractivity contribution in [1.82, 2.24) is 0 Å². The highest BCUT2D eigenvalue weighted by molar-refractivity contribution is 4.79. The zero-order chi connectivity index (χ0) is 16.0. The van der Waals surface area contributed by atoms with Gasteiger partial charge in [-0.1, -0.05) is 103 Å². The Morgan fingerprint density at radius 3 is 1.86 bits per heavy atom. The molecular weight excluding hydrogens is 268 g/mol. The minimum Gasteiger partial charge on any atom is -0.513 e. The van der Waals surface area contributed by atoms with E-state index in [1.54, 1.807) is 0 Å². The molecule has 1 nitrogen and oxygen atoms in total. The van der Waals surface area contributed by atoms with Gasteiger partial charge in [0.05, 0.1) is 5.76 Å². The van der Waals surface area contributed by atoms with Gasteiger partial charge in [0.15, 0.2) is 0 Å². The van der Waals surface area contributed by atoms with Gasteiger partial charge < -0.3 is 5.11 Å². The molecule has 1 aliphatic rings. The van der Waals surface area contributed by atoms with Crippen molar-refractivity contribution in [2.45, 2.75) is 110 Å². The van der Waals surface area contributed by atoms with Crippen LogP contribution >= 0.6 is 0 Å². The molecule has 1 rings (SSSR count). The van der Waals surface area contributed by atoms with Crippen LogP contribution in [0.15, 0.2) is 12.3 Å². The first-order valence-corrected chi connectivity index (χ1v) is 10.1. The maximum Gasteiger partial charge on any atom is 0.0851 e. The Morgan fingerprint density at radius 1 is 0.818 bits per heavy atom. The number of rotatable bonds is 14. The van der Waals surface area contributed by atoms with Crippen molar-refractivity contribution in [2.24, 2.45) is 11.8 Å². The molecule has 22 heavy (non-hydrogen) atoms. The Balaban J connectivity index is 1.99. The summed E-state index contributed by atoms with van der Waals surface area (Å²) in [6.45, 7) is 5.85. The van der Waals surface area contributed by atoms with Crippen LogP contribution in [0.4, 0.5) is 0 Å². The van der Waals surface area contributed by atoms with Crippen LogP contribution in [-0.2, 0) is 0 Å². The fourth-order valence-corrected chi connectivity index (χ4v) is 4.15. The summed E-state index contributed by atoms with van der Waals surface area (Å²) in [5, 5.41) is 9.07. The van der Waals surface area contributed by atoms with Crippen LogP contribution in [-0.4, -0.2) is 5.11 Å². The zero-order valence-corrected chi connectivity index (χ0v) is 15.1. The van der Waals surface area contributed by atoms with E-state index in [4.69, 9.17) is 5.11 Å². The fourth-order valence-electron chi connectivity index (χ4n) is 4.15. The smallest absolute Gasteiger partial charge is 0.0851 e. The minimum absolute atomic E-state index is 0.356. The predicted molar refractivity (Wildman–Crippen MR) is 98.3 cm³/mol. The van der Waals surface area contributed by atoms with Gasteiger partial charge in [0, 0.05) is 6.42 Å². The molecule has 0 unspecified atom stereocenters. The number of hydrogen-bond donors (Lipinski definition) is 1. The highest BCUT2D eigenvalue weighted by Gasteiger charge is 2.25. The maximum atomic E-state index is 9.07. The lowest BCUT2D eigenvalue weighted by Crippen LogP contribution is -2.08. The summed E-state index contributed by atoms with van der Waals surface area (Å²) >= 11 is 0. The lowest BCUT2D eigenvalue weighted by atomic mass is 9.86. The highest BCUT2D eigenvalue weighted by atomic mass is 16.3. The Bertz CT molecular complexity index is 271. The lowest BCUT2D eigenvalue weighted by Gasteiger charge is -2.19. The normalized spacial score (nSPS) is 21.3. The first-order chi connectivity index (χ1) is 10.7. The molecule has 1 N–H and O–H groups in total. The molecule has 0 saturated heterocycles. The van der Waals surface area contributed by atoms with E-state index in [-0.39, 0.29) is 0 Å². The van der Waals surface area contributed by atoms with Crippen molar-refractivity contribution >= 4 is 0 Å². The molecule has 1 fully saturated rings. The van der Waals surface area contributed by atoms with Gasteiger partial charge in [-0.25, -0.2) is 0 Å². The number of aliphatic hydroxyl groups excluding tert-OH is 1. The Labute approximate surface area is 139 Å². The second-order valence-corrected chi connectivity index (χ2v) is 7.53. The second-order valence-electron chi connectivity index (χ2n) is 7.53. The van der Waals surface area contributed by atoms with E-state index in [0.29, 0.717) is 5.76 Å². The van der Waals surface area contributed by atoms with E-state index in [0.717, 1.165) is 24.7 Å². The molecule has 0 amide bonds. The van der Waals surface area contributed by atoms with Gasteiger partial charge in [-0.05, 0) is 18.3 Å². The van der Waals surface area contributed by atoms with Gasteiger partial charge in [-0.3, -0.25) is 0 Å². The summed E-state index contributed by atoms with van der Waals surface area (Å²) in [6, 6.07) is 0. The Kier molecular flexibility index (Phi) is 11.6. The lowest BCUT2D eigenvalue weighted by molar-refractivity contribution is 0.321. The van der Waals surface area contributed by atoms with Crippen molar-refractivity contribution in [3.8, 4) is 0 Å². The van der Waals surface area contributed by atoms with Crippen molar-refractivity contribution in [3.05, 3.63) is 12.3 Å². The molecule has 0 bridgehead atoms. The van der Waals surface area contributed by atoms with Gasteiger partial charge in [0.2, 0.25) is 0 Å². The summed E-state index contributed by atoms with van der Waals surface area (Å²) in [4.78, 5) is 0. The molecule has 0 aromatic carbocycles. The van der Waals surface area contributed by atoms with E-state index < -0.39 is 0 Å². The highest BCUT2D eigenvalue weighted by Crippen LogP contribution is 2.38. The molecule has 130 valence electrons. The van der Waals surface area contributed by atoms with E-state index in [1.807, 2.05) is 0 Å². The van der Waals surface area contributed by atoms with E-state index in [9.17, 15) is 0 Å². The van der Waals surface area contributed by atoms with Gasteiger partial charge in [-0.15, -0.1) is 0 Å². The number of unbranched alkanes of at least 4 members (excludes halogenated alkanes) is 8. The molecule has 0 aromatic heterocycles. The summed E-state index contributed by atoms with van der Waals surface area (Å²) in [5.74, 6) is 2.43. The largest absolute Gasteiger partial charge is 0.513 e. The van der Waals surface area contributed by atoms with Gasteiger partial charge in [0.1, 0.15) is 0 Å². The number of hydrogen-bond acceptors (Lipinski definition) is 1.